The van der Waals surface area contributed by atoms with E-state index < -0.39 is 5.97 Å². The highest BCUT2D eigenvalue weighted by Gasteiger charge is 2.12. The minimum absolute atomic E-state index is 0.105. The minimum Gasteiger partial charge on any atom is -0.507 e. The molecule has 0 saturated carbocycles. The van der Waals surface area contributed by atoms with Crippen molar-refractivity contribution in [3.8, 4) is 5.75 Å². The number of rotatable bonds is 5. The molecule has 0 atom stereocenters. The molecule has 0 amide bonds. The molecule has 7 nitrogen and oxygen atoms in total. The number of halogens is 1. The second-order valence-corrected chi connectivity index (χ2v) is 5.40. The number of ether oxygens (including phenoxy) is 1. The van der Waals surface area contributed by atoms with Crippen LogP contribution in [-0.4, -0.2) is 33.9 Å². The van der Waals surface area contributed by atoms with Gasteiger partial charge in [-0.3, -0.25) is 0 Å². The molecule has 0 aliphatic rings. The van der Waals surface area contributed by atoms with Crippen molar-refractivity contribution in [1.82, 2.24) is 9.97 Å². The average molecular weight is 379 g/mol. The van der Waals surface area contributed by atoms with Gasteiger partial charge in [0.05, 0.1) is 24.1 Å². The van der Waals surface area contributed by atoms with E-state index >= 15 is 0 Å². The first-order valence-corrected chi connectivity index (χ1v) is 7.59. The molecule has 0 fully saturated rings. The smallest absolute Gasteiger partial charge is 0.341 e. The van der Waals surface area contributed by atoms with Crippen LogP contribution in [0.3, 0.4) is 0 Å². The van der Waals surface area contributed by atoms with E-state index in [1.165, 1.54) is 12.4 Å². The molecule has 120 valence electrons. The van der Waals surface area contributed by atoms with Crippen molar-refractivity contribution in [2.24, 2.45) is 5.10 Å². The van der Waals surface area contributed by atoms with Crippen LogP contribution < -0.4 is 5.43 Å². The third-order valence-corrected chi connectivity index (χ3v) is 3.33. The largest absolute Gasteiger partial charge is 0.507 e. The predicted octanol–water partition coefficient (Wildman–Crippen LogP) is 2.88. The van der Waals surface area contributed by atoms with Crippen LogP contribution in [0.15, 0.2) is 34.0 Å². The molecular weight excluding hydrogens is 364 g/mol. The second-order valence-electron chi connectivity index (χ2n) is 4.49. The second kappa shape index (κ2) is 7.68. The number of aryl methyl sites for hydroxylation is 1. The van der Waals surface area contributed by atoms with Gasteiger partial charge in [-0.05, 0) is 32.0 Å². The molecule has 0 aliphatic carbocycles. The van der Waals surface area contributed by atoms with Crippen LogP contribution in [0.25, 0.3) is 0 Å². The average Bonchev–Trinajstić information content (AvgIpc) is 2.51. The number of nitrogens with zero attached hydrogens (tertiary/aromatic N) is 3. The Hall–Kier alpha value is -2.48. The maximum absolute atomic E-state index is 11.7. The summed E-state index contributed by atoms with van der Waals surface area (Å²) in [6, 6.07) is 5.00. The monoisotopic (exact) mass is 378 g/mol. The Balaban J connectivity index is 2.09. The Morgan fingerprint density at radius 3 is 3.00 bits per heavy atom. The lowest BCUT2D eigenvalue weighted by Gasteiger charge is -2.05. The standard InChI is InChI=1S/C15H15BrN4O3/c1-3-23-14(22)12-8-17-15(19-9(12)2)20-18-7-10-6-11(16)4-5-13(10)21/h4-8,21H,3H2,1-2H3,(H,17,19,20)/b18-7+. The summed E-state index contributed by atoms with van der Waals surface area (Å²) in [5.74, 6) is -0.117. The number of phenolic OH excluding ortho intramolecular Hbond substituents is 1. The molecule has 1 aromatic carbocycles. The maximum Gasteiger partial charge on any atom is 0.341 e. The summed E-state index contributed by atoms with van der Waals surface area (Å²) in [5, 5.41) is 13.7. The van der Waals surface area contributed by atoms with E-state index in [0.717, 1.165) is 4.47 Å². The van der Waals surface area contributed by atoms with Crippen LogP contribution in [0, 0.1) is 6.92 Å². The molecule has 0 bridgehead atoms. The van der Waals surface area contributed by atoms with Gasteiger partial charge in [-0.25, -0.2) is 20.2 Å². The normalized spacial score (nSPS) is 10.7. The van der Waals surface area contributed by atoms with Crippen molar-refractivity contribution in [3.05, 3.63) is 45.7 Å². The topological polar surface area (TPSA) is 96.7 Å². The highest BCUT2D eigenvalue weighted by Crippen LogP contribution is 2.20. The number of anilines is 1. The van der Waals surface area contributed by atoms with Crippen molar-refractivity contribution in [2.75, 3.05) is 12.0 Å². The molecule has 8 heteroatoms. The van der Waals surface area contributed by atoms with Gasteiger partial charge in [0.15, 0.2) is 0 Å². The number of esters is 1. The van der Waals surface area contributed by atoms with Crippen LogP contribution in [0.5, 0.6) is 5.75 Å². The van der Waals surface area contributed by atoms with Crippen molar-refractivity contribution >= 4 is 34.1 Å². The highest BCUT2D eigenvalue weighted by molar-refractivity contribution is 9.10. The van der Waals surface area contributed by atoms with Crippen molar-refractivity contribution in [1.29, 1.82) is 0 Å². The fourth-order valence-corrected chi connectivity index (χ4v) is 2.10. The molecule has 2 N–H and O–H groups in total. The number of nitrogens with one attached hydrogen (secondary N) is 1. The number of carbonyl (C=O) groups is 1. The first-order valence-electron chi connectivity index (χ1n) is 6.79. The van der Waals surface area contributed by atoms with E-state index in [4.69, 9.17) is 4.74 Å². The first-order chi connectivity index (χ1) is 11.0. The van der Waals surface area contributed by atoms with Gasteiger partial charge in [-0.15, -0.1) is 0 Å². The van der Waals surface area contributed by atoms with Gasteiger partial charge in [0.2, 0.25) is 5.95 Å². The summed E-state index contributed by atoms with van der Waals surface area (Å²) in [5.41, 5.74) is 3.98. The molecule has 2 aromatic rings. The quantitative estimate of drug-likeness (QED) is 0.471. The summed E-state index contributed by atoms with van der Waals surface area (Å²) in [6.07, 6.45) is 2.83. The third-order valence-electron chi connectivity index (χ3n) is 2.83. The maximum atomic E-state index is 11.7. The Bertz CT molecular complexity index is 749. The van der Waals surface area contributed by atoms with Crippen molar-refractivity contribution in [3.63, 3.8) is 0 Å². The third kappa shape index (κ3) is 4.49. The number of aromatic hydroxyl groups is 1. The molecule has 1 aromatic heterocycles. The van der Waals surface area contributed by atoms with E-state index in [2.05, 4.69) is 36.4 Å². The summed E-state index contributed by atoms with van der Waals surface area (Å²) in [6.45, 7) is 3.71. The summed E-state index contributed by atoms with van der Waals surface area (Å²) in [7, 11) is 0. The highest BCUT2D eigenvalue weighted by atomic mass is 79.9. The van der Waals surface area contributed by atoms with Crippen LogP contribution in [0.1, 0.15) is 28.5 Å². The number of hydrazone groups is 1. The Morgan fingerprint density at radius 2 is 2.30 bits per heavy atom. The molecule has 23 heavy (non-hydrogen) atoms. The molecule has 0 saturated heterocycles. The zero-order valence-electron chi connectivity index (χ0n) is 12.6. The zero-order valence-corrected chi connectivity index (χ0v) is 14.2. The van der Waals surface area contributed by atoms with Gasteiger partial charge in [-0.1, -0.05) is 15.9 Å². The molecular formula is C15H15BrN4O3. The number of benzene rings is 1. The Kier molecular flexibility index (Phi) is 5.64. The summed E-state index contributed by atoms with van der Waals surface area (Å²) >= 11 is 3.32. The minimum atomic E-state index is -0.459. The fourth-order valence-electron chi connectivity index (χ4n) is 1.72. The summed E-state index contributed by atoms with van der Waals surface area (Å²) in [4.78, 5) is 19.8. The van der Waals surface area contributed by atoms with Gasteiger partial charge in [0.25, 0.3) is 0 Å². The number of aromatic nitrogens is 2. The van der Waals surface area contributed by atoms with E-state index in [1.807, 2.05) is 0 Å². The number of hydrogen-bond donors (Lipinski definition) is 2. The Morgan fingerprint density at radius 1 is 1.52 bits per heavy atom. The van der Waals surface area contributed by atoms with E-state index in [9.17, 15) is 9.90 Å². The number of phenols is 1. The van der Waals surface area contributed by atoms with E-state index in [0.29, 0.717) is 23.4 Å². The van der Waals surface area contributed by atoms with Crippen LogP contribution in [0.4, 0.5) is 5.95 Å². The number of carbonyl (C=O) groups excluding carboxylic acids is 1. The predicted molar refractivity (Wildman–Crippen MR) is 89.7 cm³/mol. The van der Waals surface area contributed by atoms with Crippen LogP contribution in [-0.2, 0) is 4.74 Å². The van der Waals surface area contributed by atoms with Gasteiger partial charge in [-0.2, -0.15) is 5.10 Å². The van der Waals surface area contributed by atoms with Gasteiger partial charge in [0.1, 0.15) is 5.75 Å². The lowest BCUT2D eigenvalue weighted by Crippen LogP contribution is -2.10. The zero-order chi connectivity index (χ0) is 16.8. The Labute approximate surface area is 141 Å². The van der Waals surface area contributed by atoms with E-state index in [1.54, 1.807) is 32.0 Å². The molecule has 0 spiro atoms. The lowest BCUT2D eigenvalue weighted by atomic mass is 10.2. The van der Waals surface area contributed by atoms with Gasteiger partial charge in [0, 0.05) is 16.2 Å². The first kappa shape index (κ1) is 16.9. The van der Waals surface area contributed by atoms with Crippen LogP contribution in [0.2, 0.25) is 0 Å². The molecule has 1 heterocycles. The van der Waals surface area contributed by atoms with Gasteiger partial charge < -0.3 is 9.84 Å². The van der Waals surface area contributed by atoms with Gasteiger partial charge >= 0.3 is 5.97 Å². The SMILES string of the molecule is CCOC(=O)c1cnc(N/N=C/c2cc(Br)ccc2O)nc1C. The van der Waals surface area contributed by atoms with Crippen molar-refractivity contribution in [2.45, 2.75) is 13.8 Å². The molecule has 0 aliphatic heterocycles. The number of hydrogen-bond acceptors (Lipinski definition) is 7. The molecule has 0 radical (unpaired) electrons. The fraction of sp³-hybridized carbons (Fsp3) is 0.200. The van der Waals surface area contributed by atoms with Crippen LogP contribution >= 0.6 is 15.9 Å². The summed E-state index contributed by atoms with van der Waals surface area (Å²) < 4.78 is 5.73. The molecule has 2 rings (SSSR count). The van der Waals surface area contributed by atoms with Crippen molar-refractivity contribution < 1.29 is 14.6 Å². The lowest BCUT2D eigenvalue weighted by molar-refractivity contribution is 0.0524. The molecule has 0 unspecified atom stereocenters. The van der Waals surface area contributed by atoms with E-state index in [-0.39, 0.29) is 11.7 Å².